The lowest BCUT2D eigenvalue weighted by Gasteiger charge is -2.19. The van der Waals surface area contributed by atoms with E-state index in [1.165, 1.54) is 37.0 Å². The van der Waals surface area contributed by atoms with Gasteiger partial charge in [-0.3, -0.25) is 4.99 Å². The van der Waals surface area contributed by atoms with Crippen LogP contribution >= 0.6 is 11.8 Å². The average Bonchev–Trinajstić information content (AvgIpc) is 2.76. The molecule has 2 aliphatic rings. The van der Waals surface area contributed by atoms with Crippen molar-refractivity contribution in [2.24, 2.45) is 16.8 Å². The fourth-order valence-electron chi connectivity index (χ4n) is 2.26. The summed E-state index contributed by atoms with van der Waals surface area (Å²) in [6.07, 6.45) is 1.34. The predicted octanol–water partition coefficient (Wildman–Crippen LogP) is 1.66. The zero-order valence-electron chi connectivity index (χ0n) is 10.4. The lowest BCUT2D eigenvalue weighted by Crippen LogP contribution is -2.31. The molecule has 0 bridgehead atoms. The van der Waals surface area contributed by atoms with E-state index in [1.807, 2.05) is 11.8 Å². The van der Waals surface area contributed by atoms with Crippen LogP contribution in [0.2, 0.25) is 0 Å². The van der Waals surface area contributed by atoms with Crippen LogP contribution in [-0.4, -0.2) is 48.5 Å². The maximum Gasteiger partial charge on any atom is 0.156 e. The molecule has 0 aromatic rings. The molecule has 0 spiro atoms. The summed E-state index contributed by atoms with van der Waals surface area (Å²) in [5.41, 5.74) is 0. The third-order valence-corrected chi connectivity index (χ3v) is 4.69. The number of hydrogen-bond donors (Lipinski definition) is 1. The van der Waals surface area contributed by atoms with Crippen molar-refractivity contribution in [2.45, 2.75) is 20.3 Å². The number of thioether (sulfide) groups is 1. The molecule has 0 radical (unpaired) electrons. The second-order valence-corrected chi connectivity index (χ2v) is 6.00. The molecule has 2 heterocycles. The Bertz CT molecular complexity index is 255. The van der Waals surface area contributed by atoms with E-state index in [4.69, 9.17) is 0 Å². The van der Waals surface area contributed by atoms with Crippen molar-refractivity contribution in [2.75, 3.05) is 38.5 Å². The normalized spacial score (nSPS) is 31.5. The molecule has 0 aromatic carbocycles. The Labute approximate surface area is 103 Å². The first kappa shape index (κ1) is 12.2. The van der Waals surface area contributed by atoms with Crippen LogP contribution < -0.4 is 5.32 Å². The van der Waals surface area contributed by atoms with Gasteiger partial charge in [-0.2, -0.15) is 0 Å². The van der Waals surface area contributed by atoms with Crippen molar-refractivity contribution in [1.82, 2.24) is 10.2 Å². The van der Waals surface area contributed by atoms with Gasteiger partial charge in [0.1, 0.15) is 0 Å². The van der Waals surface area contributed by atoms with Gasteiger partial charge >= 0.3 is 0 Å². The van der Waals surface area contributed by atoms with E-state index in [0.717, 1.165) is 24.9 Å². The smallest absolute Gasteiger partial charge is 0.156 e. The molecule has 0 amide bonds. The van der Waals surface area contributed by atoms with Crippen LogP contribution in [0.3, 0.4) is 0 Å². The Morgan fingerprint density at radius 2 is 2.44 bits per heavy atom. The molecular formula is C12H23N3S. The second kappa shape index (κ2) is 5.92. The summed E-state index contributed by atoms with van der Waals surface area (Å²) in [6.45, 7) is 10.4. The van der Waals surface area contributed by atoms with Gasteiger partial charge in [-0.15, -0.1) is 0 Å². The Kier molecular flexibility index (Phi) is 4.53. The lowest BCUT2D eigenvalue weighted by atomic mass is 10.1. The molecule has 2 atom stereocenters. The van der Waals surface area contributed by atoms with Gasteiger partial charge in [0.05, 0.1) is 0 Å². The van der Waals surface area contributed by atoms with Gasteiger partial charge < -0.3 is 10.2 Å². The number of rotatable bonds is 3. The largest absolute Gasteiger partial charge is 0.365 e. The van der Waals surface area contributed by atoms with E-state index in [2.05, 4.69) is 29.1 Å². The van der Waals surface area contributed by atoms with Crippen LogP contribution in [0.4, 0.5) is 0 Å². The van der Waals surface area contributed by atoms with E-state index < -0.39 is 0 Å². The molecule has 0 aromatic heterocycles. The highest BCUT2D eigenvalue weighted by molar-refractivity contribution is 8.13. The third kappa shape index (κ3) is 3.39. The first-order valence-corrected chi connectivity index (χ1v) is 7.40. The monoisotopic (exact) mass is 241 g/mol. The van der Waals surface area contributed by atoms with Gasteiger partial charge in [-0.1, -0.05) is 25.6 Å². The van der Waals surface area contributed by atoms with Gasteiger partial charge in [-0.25, -0.2) is 0 Å². The fourth-order valence-corrected chi connectivity index (χ4v) is 3.16. The molecule has 4 heteroatoms. The maximum absolute atomic E-state index is 4.57. The molecular weight excluding hydrogens is 218 g/mol. The average molecular weight is 241 g/mol. The quantitative estimate of drug-likeness (QED) is 0.814. The number of aliphatic imine (C=N–C) groups is 1. The van der Waals surface area contributed by atoms with Crippen molar-refractivity contribution in [3.63, 3.8) is 0 Å². The molecule has 2 aliphatic heterocycles. The fraction of sp³-hybridized carbons (Fsp3) is 0.917. The van der Waals surface area contributed by atoms with E-state index in [9.17, 15) is 0 Å². The van der Waals surface area contributed by atoms with Crippen molar-refractivity contribution < 1.29 is 0 Å². The summed E-state index contributed by atoms with van der Waals surface area (Å²) >= 11 is 1.89. The van der Waals surface area contributed by atoms with E-state index in [0.29, 0.717) is 0 Å². The van der Waals surface area contributed by atoms with Crippen LogP contribution in [-0.2, 0) is 0 Å². The molecule has 2 rings (SSSR count). The Balaban J connectivity index is 1.68. The minimum Gasteiger partial charge on any atom is -0.365 e. The minimum atomic E-state index is 0.748. The van der Waals surface area contributed by atoms with Crippen LogP contribution in [0, 0.1) is 11.8 Å². The van der Waals surface area contributed by atoms with E-state index in [1.54, 1.807) is 0 Å². The van der Waals surface area contributed by atoms with Gasteiger partial charge in [0.15, 0.2) is 5.17 Å². The van der Waals surface area contributed by atoms with Gasteiger partial charge in [0.2, 0.25) is 0 Å². The van der Waals surface area contributed by atoms with Crippen LogP contribution in [0.1, 0.15) is 20.3 Å². The third-order valence-electron chi connectivity index (χ3n) is 3.41. The Hall–Kier alpha value is -0.220. The van der Waals surface area contributed by atoms with Gasteiger partial charge in [0, 0.05) is 25.4 Å². The summed E-state index contributed by atoms with van der Waals surface area (Å²) in [6, 6.07) is 0. The topological polar surface area (TPSA) is 27.6 Å². The maximum atomic E-state index is 4.57. The first-order valence-electron chi connectivity index (χ1n) is 6.41. The molecule has 1 N–H and O–H groups in total. The standard InChI is InChI=1S/C12H23N3S/c1-3-15-5-4-11(8-15)7-14-12-13-6-10(2)9-16-12/h10-11H,3-9H2,1-2H3,(H,13,14). The highest BCUT2D eigenvalue weighted by Crippen LogP contribution is 2.18. The number of hydrogen-bond acceptors (Lipinski definition) is 4. The van der Waals surface area contributed by atoms with Crippen LogP contribution in [0.5, 0.6) is 0 Å². The van der Waals surface area contributed by atoms with Crippen molar-refractivity contribution in [3.05, 3.63) is 0 Å². The van der Waals surface area contributed by atoms with Crippen molar-refractivity contribution in [3.8, 4) is 0 Å². The molecule has 2 unspecified atom stereocenters. The van der Waals surface area contributed by atoms with Crippen LogP contribution in [0.25, 0.3) is 0 Å². The lowest BCUT2D eigenvalue weighted by molar-refractivity contribution is 0.342. The van der Waals surface area contributed by atoms with Gasteiger partial charge in [-0.05, 0) is 31.3 Å². The SMILES string of the molecule is CCN1CCC(CNC2=NCC(C)CS2)C1. The molecule has 1 fully saturated rings. The highest BCUT2D eigenvalue weighted by Gasteiger charge is 2.21. The summed E-state index contributed by atoms with van der Waals surface area (Å²) in [5.74, 6) is 2.79. The van der Waals surface area contributed by atoms with Gasteiger partial charge in [0.25, 0.3) is 0 Å². The number of likely N-dealkylation sites (tertiary alicyclic amines) is 1. The molecule has 3 nitrogen and oxygen atoms in total. The summed E-state index contributed by atoms with van der Waals surface area (Å²) in [7, 11) is 0. The molecule has 1 saturated heterocycles. The molecule has 0 aliphatic carbocycles. The molecule has 0 saturated carbocycles. The zero-order valence-corrected chi connectivity index (χ0v) is 11.2. The van der Waals surface area contributed by atoms with E-state index >= 15 is 0 Å². The minimum absolute atomic E-state index is 0.748. The number of nitrogens with one attached hydrogen (secondary N) is 1. The molecule has 92 valence electrons. The summed E-state index contributed by atoms with van der Waals surface area (Å²) in [4.78, 5) is 7.10. The second-order valence-electron chi connectivity index (χ2n) is 4.99. The Morgan fingerprint density at radius 3 is 3.06 bits per heavy atom. The number of nitrogens with zero attached hydrogens (tertiary/aromatic N) is 2. The first-order chi connectivity index (χ1) is 7.78. The van der Waals surface area contributed by atoms with Crippen molar-refractivity contribution in [1.29, 1.82) is 0 Å². The zero-order chi connectivity index (χ0) is 11.4. The predicted molar refractivity (Wildman–Crippen MR) is 72.1 cm³/mol. The van der Waals surface area contributed by atoms with Crippen molar-refractivity contribution >= 4 is 16.9 Å². The summed E-state index contributed by atoms with van der Waals surface area (Å²) in [5, 5.41) is 4.69. The van der Waals surface area contributed by atoms with Crippen LogP contribution in [0.15, 0.2) is 4.99 Å². The summed E-state index contributed by atoms with van der Waals surface area (Å²) < 4.78 is 0. The van der Waals surface area contributed by atoms with E-state index in [-0.39, 0.29) is 0 Å². The number of amidine groups is 1. The Morgan fingerprint density at radius 1 is 1.56 bits per heavy atom. The highest BCUT2D eigenvalue weighted by atomic mass is 32.2. The molecule has 16 heavy (non-hydrogen) atoms.